The molecule has 0 spiro atoms. The fourth-order valence-electron chi connectivity index (χ4n) is 2.22. The van der Waals surface area contributed by atoms with Gasteiger partial charge in [0, 0.05) is 11.6 Å². The molecule has 138 valence electrons. The van der Waals surface area contributed by atoms with E-state index in [0.29, 0.717) is 17.1 Å². The van der Waals surface area contributed by atoms with Gasteiger partial charge in [-0.1, -0.05) is 28.9 Å². The molecule has 0 saturated carbocycles. The summed E-state index contributed by atoms with van der Waals surface area (Å²) in [6, 6.07) is 7.06. The third-order valence-electron chi connectivity index (χ3n) is 3.40. The first-order valence-electron chi connectivity index (χ1n) is 7.92. The Bertz CT molecular complexity index is 816. The van der Waals surface area contributed by atoms with Gasteiger partial charge in [0.2, 0.25) is 11.7 Å². The van der Waals surface area contributed by atoms with Gasteiger partial charge >= 0.3 is 5.97 Å². The van der Waals surface area contributed by atoms with Gasteiger partial charge in [-0.15, -0.1) is 11.8 Å². The molecule has 0 bridgehead atoms. The van der Waals surface area contributed by atoms with Gasteiger partial charge in [0.1, 0.15) is 5.76 Å². The van der Waals surface area contributed by atoms with Crippen molar-refractivity contribution in [2.45, 2.75) is 20.8 Å². The lowest BCUT2D eigenvalue weighted by Crippen LogP contribution is -2.18. The molecule has 1 aromatic carbocycles. The van der Waals surface area contributed by atoms with Crippen LogP contribution in [-0.4, -0.2) is 40.9 Å². The van der Waals surface area contributed by atoms with E-state index in [2.05, 4.69) is 10.5 Å². The lowest BCUT2D eigenvalue weighted by Gasteiger charge is -2.07. The van der Waals surface area contributed by atoms with E-state index < -0.39 is 5.97 Å². The number of amides is 1. The Morgan fingerprint density at radius 3 is 2.58 bits per heavy atom. The highest BCUT2D eigenvalue weighted by atomic mass is 32.2. The number of nitrogens with zero attached hydrogens (tertiary/aromatic N) is 1. The van der Waals surface area contributed by atoms with Crippen molar-refractivity contribution in [2.24, 2.45) is 0 Å². The minimum Gasteiger partial charge on any atom is -0.457 e. The van der Waals surface area contributed by atoms with Crippen LogP contribution in [-0.2, 0) is 14.3 Å². The number of Topliss-reactive ketones (excluding diaryl/α,β-unsaturated/α-hetero) is 1. The number of benzene rings is 1. The average Bonchev–Trinajstić information content (AvgIpc) is 2.97. The molecule has 0 aliphatic carbocycles. The second-order valence-electron chi connectivity index (χ2n) is 5.77. The molecule has 0 saturated heterocycles. The number of anilines is 1. The highest BCUT2D eigenvalue weighted by Crippen LogP contribution is 2.12. The van der Waals surface area contributed by atoms with E-state index >= 15 is 0 Å². The van der Waals surface area contributed by atoms with Crippen LogP contribution in [0, 0.1) is 20.8 Å². The summed E-state index contributed by atoms with van der Waals surface area (Å²) in [5, 5.41) is 6.19. The van der Waals surface area contributed by atoms with Crippen molar-refractivity contribution < 1.29 is 23.6 Å². The maximum Gasteiger partial charge on any atom is 0.316 e. The van der Waals surface area contributed by atoms with Gasteiger partial charge in [-0.05, 0) is 26.3 Å². The number of esters is 1. The SMILES string of the molecule is Cc1ccc(C(=O)COC(=O)CSCC(=O)Nc2cc(C)on2)c(C)c1. The Labute approximate surface area is 155 Å². The summed E-state index contributed by atoms with van der Waals surface area (Å²) in [7, 11) is 0. The molecule has 8 heteroatoms. The van der Waals surface area contributed by atoms with Crippen LogP contribution < -0.4 is 5.32 Å². The average molecular weight is 376 g/mol. The normalized spacial score (nSPS) is 10.4. The lowest BCUT2D eigenvalue weighted by atomic mass is 10.0. The topological polar surface area (TPSA) is 98.5 Å². The van der Waals surface area contributed by atoms with Crippen LogP contribution in [0.4, 0.5) is 5.82 Å². The molecule has 0 fully saturated rings. The molecule has 0 aliphatic rings. The minimum absolute atomic E-state index is 0.0224. The van der Waals surface area contributed by atoms with E-state index in [1.165, 1.54) is 0 Å². The van der Waals surface area contributed by atoms with Crippen molar-refractivity contribution in [1.29, 1.82) is 0 Å². The van der Waals surface area contributed by atoms with E-state index in [4.69, 9.17) is 9.26 Å². The van der Waals surface area contributed by atoms with Crippen molar-refractivity contribution in [3.8, 4) is 0 Å². The van der Waals surface area contributed by atoms with Crippen LogP contribution in [0.3, 0.4) is 0 Å². The van der Waals surface area contributed by atoms with Gasteiger partial charge in [0.05, 0.1) is 11.5 Å². The number of hydrogen-bond acceptors (Lipinski definition) is 7. The van der Waals surface area contributed by atoms with E-state index in [0.717, 1.165) is 22.9 Å². The van der Waals surface area contributed by atoms with Crippen LogP contribution in [0.5, 0.6) is 0 Å². The third kappa shape index (κ3) is 6.03. The molecule has 1 aromatic heterocycles. The van der Waals surface area contributed by atoms with E-state index in [1.54, 1.807) is 19.1 Å². The Kier molecular flexibility index (Phi) is 6.97. The maximum absolute atomic E-state index is 12.1. The third-order valence-corrected chi connectivity index (χ3v) is 4.30. The number of rotatable bonds is 8. The Hall–Kier alpha value is -2.61. The standard InChI is InChI=1S/C18H20N2O5S/c1-11-4-5-14(12(2)6-11)15(21)8-24-18(23)10-26-9-17(22)19-16-7-13(3)25-20-16/h4-7H,8-10H2,1-3H3,(H,19,20,22). The van der Waals surface area contributed by atoms with Crippen molar-refractivity contribution >= 4 is 35.2 Å². The molecule has 0 unspecified atom stereocenters. The first-order chi connectivity index (χ1) is 12.3. The van der Waals surface area contributed by atoms with E-state index in [9.17, 15) is 14.4 Å². The van der Waals surface area contributed by atoms with Crippen LogP contribution in [0.2, 0.25) is 0 Å². The first kappa shape index (κ1) is 19.7. The number of thioether (sulfide) groups is 1. The van der Waals surface area contributed by atoms with Crippen LogP contribution in [0.15, 0.2) is 28.8 Å². The van der Waals surface area contributed by atoms with Crippen LogP contribution >= 0.6 is 11.8 Å². The zero-order chi connectivity index (χ0) is 19.1. The second kappa shape index (κ2) is 9.19. The summed E-state index contributed by atoms with van der Waals surface area (Å²) in [5.74, 6) is -0.141. The summed E-state index contributed by atoms with van der Waals surface area (Å²) in [6.07, 6.45) is 0. The molecule has 2 rings (SSSR count). The number of hydrogen-bond donors (Lipinski definition) is 1. The minimum atomic E-state index is -0.543. The molecule has 26 heavy (non-hydrogen) atoms. The fourth-order valence-corrected chi connectivity index (χ4v) is 2.83. The fraction of sp³-hybridized carbons (Fsp3) is 0.333. The van der Waals surface area contributed by atoms with Crippen molar-refractivity contribution in [2.75, 3.05) is 23.4 Å². The molecule has 7 nitrogen and oxygen atoms in total. The Balaban J connectivity index is 1.68. The van der Waals surface area contributed by atoms with Crippen molar-refractivity contribution in [3.63, 3.8) is 0 Å². The number of ketones is 1. The van der Waals surface area contributed by atoms with Gasteiger partial charge < -0.3 is 14.6 Å². The number of carbonyl (C=O) groups excluding carboxylic acids is 3. The van der Waals surface area contributed by atoms with Gasteiger partial charge in [-0.2, -0.15) is 0 Å². The number of aryl methyl sites for hydroxylation is 3. The zero-order valence-corrected chi connectivity index (χ0v) is 15.6. The van der Waals surface area contributed by atoms with Gasteiger partial charge in [0.25, 0.3) is 0 Å². The monoisotopic (exact) mass is 376 g/mol. The van der Waals surface area contributed by atoms with Gasteiger partial charge in [-0.25, -0.2) is 0 Å². The Morgan fingerprint density at radius 2 is 1.92 bits per heavy atom. The molecule has 2 aromatic rings. The van der Waals surface area contributed by atoms with Crippen LogP contribution in [0.1, 0.15) is 27.2 Å². The lowest BCUT2D eigenvalue weighted by molar-refractivity contribution is -0.139. The van der Waals surface area contributed by atoms with E-state index in [-0.39, 0.29) is 29.8 Å². The van der Waals surface area contributed by atoms with Crippen molar-refractivity contribution in [1.82, 2.24) is 5.16 Å². The maximum atomic E-state index is 12.1. The molecule has 1 amide bonds. The second-order valence-corrected chi connectivity index (χ2v) is 6.75. The van der Waals surface area contributed by atoms with Gasteiger partial charge in [0.15, 0.2) is 12.4 Å². The quantitative estimate of drug-likeness (QED) is 0.558. The highest BCUT2D eigenvalue weighted by Gasteiger charge is 2.13. The molecular formula is C18H20N2O5S. The number of nitrogens with one attached hydrogen (secondary N) is 1. The molecule has 0 radical (unpaired) electrons. The van der Waals surface area contributed by atoms with Crippen molar-refractivity contribution in [3.05, 3.63) is 46.7 Å². The largest absolute Gasteiger partial charge is 0.457 e. The first-order valence-corrected chi connectivity index (χ1v) is 9.07. The summed E-state index contributed by atoms with van der Waals surface area (Å²) in [5.41, 5.74) is 2.45. The number of carbonyl (C=O) groups is 3. The molecule has 0 atom stereocenters. The summed E-state index contributed by atoms with van der Waals surface area (Å²) < 4.78 is 9.81. The van der Waals surface area contributed by atoms with E-state index in [1.807, 2.05) is 26.0 Å². The van der Waals surface area contributed by atoms with Gasteiger partial charge in [-0.3, -0.25) is 14.4 Å². The highest BCUT2D eigenvalue weighted by molar-refractivity contribution is 8.00. The summed E-state index contributed by atoms with van der Waals surface area (Å²) >= 11 is 1.09. The molecular weight excluding hydrogens is 356 g/mol. The molecule has 1 N–H and O–H groups in total. The summed E-state index contributed by atoms with van der Waals surface area (Å²) in [4.78, 5) is 35.5. The predicted octanol–water partition coefficient (Wildman–Crippen LogP) is 2.70. The number of aromatic nitrogens is 1. The smallest absolute Gasteiger partial charge is 0.316 e. The predicted molar refractivity (Wildman–Crippen MR) is 98.4 cm³/mol. The zero-order valence-electron chi connectivity index (χ0n) is 14.8. The Morgan fingerprint density at radius 1 is 1.15 bits per heavy atom. The molecule has 1 heterocycles. The number of ether oxygens (including phenoxy) is 1. The molecule has 0 aliphatic heterocycles. The van der Waals surface area contributed by atoms with Crippen LogP contribution in [0.25, 0.3) is 0 Å². The summed E-state index contributed by atoms with van der Waals surface area (Å²) in [6.45, 7) is 5.19.